The van der Waals surface area contributed by atoms with Crippen molar-refractivity contribution in [3.63, 3.8) is 0 Å². The molecule has 2 rings (SSSR count). The highest BCUT2D eigenvalue weighted by atomic mass is 16.5. The highest BCUT2D eigenvalue weighted by molar-refractivity contribution is 4.90. The van der Waals surface area contributed by atoms with Crippen molar-refractivity contribution in [3.8, 4) is 0 Å². The summed E-state index contributed by atoms with van der Waals surface area (Å²) < 4.78 is 5.50. The van der Waals surface area contributed by atoms with Gasteiger partial charge in [0.15, 0.2) is 0 Å². The molecule has 1 N–H and O–H groups in total. The Balaban J connectivity index is 1.88. The molecule has 0 aromatic heterocycles. The van der Waals surface area contributed by atoms with Crippen molar-refractivity contribution in [2.45, 2.75) is 65.0 Å². The number of rotatable bonds is 6. The van der Waals surface area contributed by atoms with E-state index in [4.69, 9.17) is 4.74 Å². The first kappa shape index (κ1) is 17.2. The van der Waals surface area contributed by atoms with Crippen LogP contribution in [0.5, 0.6) is 0 Å². The zero-order valence-electron chi connectivity index (χ0n) is 14.6. The summed E-state index contributed by atoms with van der Waals surface area (Å²) in [6, 6.07) is 0.726. The molecule has 3 nitrogen and oxygen atoms in total. The van der Waals surface area contributed by atoms with E-state index in [0.717, 1.165) is 23.8 Å². The van der Waals surface area contributed by atoms with Gasteiger partial charge >= 0.3 is 0 Å². The van der Waals surface area contributed by atoms with E-state index in [-0.39, 0.29) is 0 Å². The Kier molecular flexibility index (Phi) is 6.97. The van der Waals surface area contributed by atoms with Gasteiger partial charge in [-0.15, -0.1) is 0 Å². The molecule has 1 aliphatic heterocycles. The van der Waals surface area contributed by atoms with Gasteiger partial charge in [0, 0.05) is 32.8 Å². The lowest BCUT2D eigenvalue weighted by Gasteiger charge is -2.43. The second kappa shape index (κ2) is 8.50. The van der Waals surface area contributed by atoms with Gasteiger partial charge in [-0.05, 0) is 56.4 Å². The Morgan fingerprint density at radius 3 is 2.48 bits per heavy atom. The lowest BCUT2D eigenvalue weighted by atomic mass is 9.72. The molecular weight excluding hydrogens is 260 g/mol. The Morgan fingerprint density at radius 2 is 1.86 bits per heavy atom. The van der Waals surface area contributed by atoms with Gasteiger partial charge in [0.1, 0.15) is 0 Å². The molecule has 2 aliphatic rings. The summed E-state index contributed by atoms with van der Waals surface area (Å²) in [5.74, 6) is 2.56. The van der Waals surface area contributed by atoms with Gasteiger partial charge in [0.25, 0.3) is 0 Å². The molecule has 1 saturated carbocycles. The van der Waals surface area contributed by atoms with Gasteiger partial charge < -0.3 is 15.0 Å². The summed E-state index contributed by atoms with van der Waals surface area (Å²) in [4.78, 5) is 2.69. The summed E-state index contributed by atoms with van der Waals surface area (Å²) in [6.07, 6.45) is 6.93. The van der Waals surface area contributed by atoms with Gasteiger partial charge in [0.05, 0.1) is 6.10 Å². The predicted molar refractivity (Wildman–Crippen MR) is 89.6 cm³/mol. The molecule has 1 heterocycles. The Hall–Kier alpha value is -0.120. The number of hydrogen-bond acceptors (Lipinski definition) is 3. The fourth-order valence-electron chi connectivity index (χ4n) is 4.41. The highest BCUT2D eigenvalue weighted by Crippen LogP contribution is 2.34. The van der Waals surface area contributed by atoms with Crippen molar-refractivity contribution in [1.82, 2.24) is 10.2 Å². The predicted octanol–water partition coefficient (Wildman–Crippen LogP) is 3.15. The fourth-order valence-corrected chi connectivity index (χ4v) is 4.41. The van der Waals surface area contributed by atoms with Crippen LogP contribution in [0.25, 0.3) is 0 Å². The van der Waals surface area contributed by atoms with Crippen molar-refractivity contribution < 1.29 is 4.74 Å². The van der Waals surface area contributed by atoms with Crippen LogP contribution in [0, 0.1) is 17.8 Å². The minimum atomic E-state index is 0.499. The number of methoxy groups -OCH3 is 1. The van der Waals surface area contributed by atoms with Gasteiger partial charge in [-0.2, -0.15) is 0 Å². The Labute approximate surface area is 131 Å². The largest absolute Gasteiger partial charge is 0.381 e. The molecule has 4 atom stereocenters. The highest BCUT2D eigenvalue weighted by Gasteiger charge is 2.35. The first-order valence-corrected chi connectivity index (χ1v) is 9.12. The summed E-state index contributed by atoms with van der Waals surface area (Å²) in [6.45, 7) is 12.1. The number of nitrogens with one attached hydrogen (secondary N) is 1. The lowest BCUT2D eigenvalue weighted by molar-refractivity contribution is 0.0238. The molecule has 2 fully saturated rings. The Morgan fingerprint density at radius 1 is 1.14 bits per heavy atom. The molecule has 0 amide bonds. The third kappa shape index (κ3) is 4.94. The van der Waals surface area contributed by atoms with E-state index in [9.17, 15) is 0 Å². The van der Waals surface area contributed by atoms with Crippen LogP contribution in [0.15, 0.2) is 0 Å². The molecule has 3 heteroatoms. The van der Waals surface area contributed by atoms with Crippen molar-refractivity contribution in [2.75, 3.05) is 33.3 Å². The maximum Gasteiger partial charge on any atom is 0.0595 e. The van der Waals surface area contributed by atoms with Gasteiger partial charge in [-0.1, -0.05) is 20.8 Å². The first-order chi connectivity index (χ1) is 10.1. The van der Waals surface area contributed by atoms with Crippen LogP contribution in [0.4, 0.5) is 0 Å². The molecule has 21 heavy (non-hydrogen) atoms. The third-order valence-corrected chi connectivity index (χ3v) is 5.67. The minimum absolute atomic E-state index is 0.499. The smallest absolute Gasteiger partial charge is 0.0595 e. The SMILES string of the molecule is CCCNC1CC(C)CC(C)C1CN1CCC(OC)CC1. The third-order valence-electron chi connectivity index (χ3n) is 5.67. The molecule has 0 aromatic carbocycles. The van der Waals surface area contributed by atoms with E-state index in [0.29, 0.717) is 6.10 Å². The van der Waals surface area contributed by atoms with Crippen molar-refractivity contribution in [2.24, 2.45) is 17.8 Å². The number of likely N-dealkylation sites (tertiary alicyclic amines) is 1. The second-order valence-corrected chi connectivity index (χ2v) is 7.51. The van der Waals surface area contributed by atoms with Crippen molar-refractivity contribution in [1.29, 1.82) is 0 Å². The average molecular weight is 296 g/mol. The molecule has 0 spiro atoms. The van der Waals surface area contributed by atoms with E-state index in [1.54, 1.807) is 0 Å². The summed E-state index contributed by atoms with van der Waals surface area (Å²) >= 11 is 0. The molecule has 0 bridgehead atoms. The number of nitrogens with zero attached hydrogens (tertiary/aromatic N) is 1. The van der Waals surface area contributed by atoms with Crippen molar-refractivity contribution in [3.05, 3.63) is 0 Å². The number of piperidine rings is 1. The van der Waals surface area contributed by atoms with Crippen molar-refractivity contribution >= 4 is 0 Å². The van der Waals surface area contributed by atoms with Crippen LogP contribution < -0.4 is 5.32 Å². The standard InChI is InChI=1S/C18H36N2O/c1-5-8-19-18-12-14(2)11-15(3)17(18)13-20-9-6-16(21-4)7-10-20/h14-19H,5-13H2,1-4H3. The maximum atomic E-state index is 5.50. The molecule has 1 aliphatic carbocycles. The van der Waals surface area contributed by atoms with Crippen LogP contribution in [0.2, 0.25) is 0 Å². The zero-order valence-corrected chi connectivity index (χ0v) is 14.6. The monoisotopic (exact) mass is 296 g/mol. The van der Waals surface area contributed by atoms with Crippen LogP contribution in [-0.2, 0) is 4.74 Å². The van der Waals surface area contributed by atoms with Gasteiger partial charge in [-0.25, -0.2) is 0 Å². The number of ether oxygens (including phenoxy) is 1. The maximum absolute atomic E-state index is 5.50. The summed E-state index contributed by atoms with van der Waals surface area (Å²) in [7, 11) is 1.86. The molecular formula is C18H36N2O. The topological polar surface area (TPSA) is 24.5 Å². The van der Waals surface area contributed by atoms with E-state index in [2.05, 4.69) is 31.0 Å². The molecule has 4 unspecified atom stereocenters. The van der Waals surface area contributed by atoms with E-state index >= 15 is 0 Å². The summed E-state index contributed by atoms with van der Waals surface area (Å²) in [5, 5.41) is 3.84. The molecule has 0 aromatic rings. The van der Waals surface area contributed by atoms with Crippen LogP contribution in [-0.4, -0.2) is 50.3 Å². The zero-order chi connectivity index (χ0) is 15.2. The van der Waals surface area contributed by atoms with E-state index in [1.165, 1.54) is 58.3 Å². The Bertz CT molecular complexity index is 289. The minimum Gasteiger partial charge on any atom is -0.381 e. The second-order valence-electron chi connectivity index (χ2n) is 7.51. The summed E-state index contributed by atoms with van der Waals surface area (Å²) in [5.41, 5.74) is 0. The van der Waals surface area contributed by atoms with E-state index < -0.39 is 0 Å². The molecule has 0 radical (unpaired) electrons. The molecule has 1 saturated heterocycles. The lowest BCUT2D eigenvalue weighted by Crippen LogP contribution is -2.50. The van der Waals surface area contributed by atoms with Crippen LogP contribution >= 0.6 is 0 Å². The number of hydrogen-bond donors (Lipinski definition) is 1. The first-order valence-electron chi connectivity index (χ1n) is 9.12. The van der Waals surface area contributed by atoms with Gasteiger partial charge in [-0.3, -0.25) is 0 Å². The normalized spacial score (nSPS) is 36.0. The van der Waals surface area contributed by atoms with E-state index in [1.807, 2.05) is 7.11 Å². The average Bonchev–Trinajstić information content (AvgIpc) is 2.48. The quantitative estimate of drug-likeness (QED) is 0.815. The molecule has 124 valence electrons. The van der Waals surface area contributed by atoms with Gasteiger partial charge in [0.2, 0.25) is 0 Å². The fraction of sp³-hybridized carbons (Fsp3) is 1.00. The van der Waals surface area contributed by atoms with Crippen LogP contribution in [0.1, 0.15) is 52.9 Å². The van der Waals surface area contributed by atoms with Crippen LogP contribution in [0.3, 0.4) is 0 Å².